The first kappa shape index (κ1) is 21.6. The number of nitrogens with zero attached hydrogens (tertiary/aromatic N) is 4. The Morgan fingerprint density at radius 1 is 1.16 bits per heavy atom. The summed E-state index contributed by atoms with van der Waals surface area (Å²) in [7, 11) is 0. The summed E-state index contributed by atoms with van der Waals surface area (Å²) in [5, 5.41) is 1.56. The molecule has 162 valence electrons. The van der Waals surface area contributed by atoms with Gasteiger partial charge >= 0.3 is 0 Å². The average Bonchev–Trinajstić information content (AvgIpc) is 3.23. The van der Waals surface area contributed by atoms with E-state index in [1.165, 1.54) is 22.7 Å². The summed E-state index contributed by atoms with van der Waals surface area (Å²) in [6.45, 7) is 6.25. The molecule has 0 spiro atoms. The van der Waals surface area contributed by atoms with Gasteiger partial charge in [-0.25, -0.2) is 4.98 Å². The van der Waals surface area contributed by atoms with Gasteiger partial charge in [0.25, 0.3) is 5.91 Å². The topological polar surface area (TPSA) is 58.6 Å². The first-order valence-corrected chi connectivity index (χ1v) is 11.4. The van der Waals surface area contributed by atoms with Crippen LogP contribution in [0.4, 0.5) is 5.13 Å². The van der Waals surface area contributed by atoms with Gasteiger partial charge < -0.3 is 14.5 Å². The average molecular weight is 457 g/mol. The second-order valence-electron chi connectivity index (χ2n) is 7.78. The van der Waals surface area contributed by atoms with Crippen LogP contribution in [0.3, 0.4) is 0 Å². The summed E-state index contributed by atoms with van der Waals surface area (Å²) in [5.74, 6) is 1.46. The number of hydrogen-bond acceptors (Lipinski definition) is 6. The Morgan fingerprint density at radius 2 is 1.90 bits per heavy atom. The van der Waals surface area contributed by atoms with Crippen LogP contribution in [0.5, 0.6) is 5.75 Å². The Bertz CT molecular complexity index is 1020. The minimum Gasteiger partial charge on any atom is -0.484 e. The zero-order valence-electron chi connectivity index (χ0n) is 17.6. The van der Waals surface area contributed by atoms with E-state index in [4.69, 9.17) is 21.3 Å². The number of hydrogen-bond donors (Lipinski definition) is 0. The molecule has 1 atom stereocenters. The third-order valence-corrected chi connectivity index (χ3v) is 6.40. The maximum atomic E-state index is 12.7. The molecule has 8 heteroatoms. The molecule has 0 saturated carbocycles. The first-order chi connectivity index (χ1) is 15.0. The molecule has 1 saturated heterocycles. The van der Waals surface area contributed by atoms with E-state index in [1.54, 1.807) is 24.3 Å². The van der Waals surface area contributed by atoms with Crippen LogP contribution in [-0.2, 0) is 11.2 Å². The smallest absolute Gasteiger partial charge is 0.260 e. The maximum absolute atomic E-state index is 12.7. The number of benzene rings is 2. The minimum atomic E-state index is -0.0144. The normalized spacial score (nSPS) is 16.4. The van der Waals surface area contributed by atoms with Gasteiger partial charge in [-0.3, -0.25) is 4.79 Å². The molecule has 1 amide bonds. The standard InChI is InChI=1S/C23H25ClN4O2S/c1-16-3-5-18(6-4-16)13-21-25-23(31-26-21)27-11-12-28(17(2)14-27)22(29)15-30-20-9-7-19(24)8-10-20/h3-10,17H,11-15H2,1-2H3. The Labute approximate surface area is 191 Å². The third-order valence-electron chi connectivity index (χ3n) is 5.33. The van der Waals surface area contributed by atoms with Gasteiger partial charge in [0.15, 0.2) is 6.61 Å². The summed E-state index contributed by atoms with van der Waals surface area (Å²) >= 11 is 7.31. The fraction of sp³-hybridized carbons (Fsp3) is 0.348. The molecule has 4 rings (SSSR count). The Hall–Kier alpha value is -2.64. The molecule has 1 aliphatic heterocycles. The first-order valence-electron chi connectivity index (χ1n) is 10.3. The van der Waals surface area contributed by atoms with Crippen LogP contribution in [0.1, 0.15) is 23.9 Å². The highest BCUT2D eigenvalue weighted by molar-refractivity contribution is 7.09. The highest BCUT2D eigenvalue weighted by Gasteiger charge is 2.29. The van der Waals surface area contributed by atoms with Crippen molar-refractivity contribution in [1.29, 1.82) is 0 Å². The zero-order chi connectivity index (χ0) is 21.8. The molecule has 2 aromatic carbocycles. The summed E-state index contributed by atoms with van der Waals surface area (Å²) in [4.78, 5) is 21.5. The molecule has 3 aromatic rings. The van der Waals surface area contributed by atoms with Gasteiger partial charge in [-0.2, -0.15) is 4.37 Å². The number of amides is 1. The molecule has 1 aliphatic rings. The number of ether oxygens (including phenoxy) is 1. The van der Waals surface area contributed by atoms with Crippen LogP contribution < -0.4 is 9.64 Å². The fourth-order valence-corrected chi connectivity index (χ4v) is 4.44. The van der Waals surface area contributed by atoms with Gasteiger partial charge in [-0.1, -0.05) is 41.4 Å². The molecule has 31 heavy (non-hydrogen) atoms. The molecule has 0 aliphatic carbocycles. The predicted octanol–water partition coefficient (Wildman–Crippen LogP) is 4.21. The van der Waals surface area contributed by atoms with E-state index >= 15 is 0 Å². The Morgan fingerprint density at radius 3 is 2.61 bits per heavy atom. The van der Waals surface area contributed by atoms with Crippen molar-refractivity contribution in [3.8, 4) is 5.75 Å². The molecule has 0 bridgehead atoms. The number of aromatic nitrogens is 2. The molecule has 0 radical (unpaired) electrons. The fourth-order valence-electron chi connectivity index (χ4n) is 3.59. The van der Waals surface area contributed by atoms with Crippen molar-refractivity contribution >= 4 is 34.2 Å². The van der Waals surface area contributed by atoms with E-state index in [-0.39, 0.29) is 18.6 Å². The molecule has 1 fully saturated rings. The van der Waals surface area contributed by atoms with Gasteiger partial charge in [0.2, 0.25) is 5.13 Å². The maximum Gasteiger partial charge on any atom is 0.260 e. The largest absolute Gasteiger partial charge is 0.484 e. The molecule has 1 unspecified atom stereocenters. The highest BCUT2D eigenvalue weighted by Crippen LogP contribution is 2.23. The predicted molar refractivity (Wildman–Crippen MR) is 124 cm³/mol. The minimum absolute atomic E-state index is 0.0144. The van der Waals surface area contributed by atoms with Gasteiger partial charge in [-0.05, 0) is 43.7 Å². The molecule has 2 heterocycles. The van der Waals surface area contributed by atoms with Crippen molar-refractivity contribution in [3.63, 3.8) is 0 Å². The van der Waals surface area contributed by atoms with Crippen molar-refractivity contribution in [2.75, 3.05) is 31.1 Å². The van der Waals surface area contributed by atoms with Crippen LogP contribution >= 0.6 is 23.1 Å². The second kappa shape index (κ2) is 9.66. The lowest BCUT2D eigenvalue weighted by Gasteiger charge is -2.39. The summed E-state index contributed by atoms with van der Waals surface area (Å²) < 4.78 is 10.2. The monoisotopic (exact) mass is 456 g/mol. The lowest BCUT2D eigenvalue weighted by molar-refractivity contribution is -0.135. The van der Waals surface area contributed by atoms with Crippen molar-refractivity contribution in [3.05, 3.63) is 70.5 Å². The van der Waals surface area contributed by atoms with E-state index in [9.17, 15) is 4.79 Å². The van der Waals surface area contributed by atoms with Gasteiger partial charge in [0.1, 0.15) is 11.6 Å². The zero-order valence-corrected chi connectivity index (χ0v) is 19.2. The number of anilines is 1. The number of halogens is 1. The number of rotatable bonds is 6. The van der Waals surface area contributed by atoms with Crippen LogP contribution in [0, 0.1) is 6.92 Å². The van der Waals surface area contributed by atoms with Crippen molar-refractivity contribution < 1.29 is 9.53 Å². The summed E-state index contributed by atoms with van der Waals surface area (Å²) in [6.07, 6.45) is 0.729. The van der Waals surface area contributed by atoms with Crippen LogP contribution in [0.25, 0.3) is 0 Å². The van der Waals surface area contributed by atoms with Gasteiger partial charge in [-0.15, -0.1) is 0 Å². The van der Waals surface area contributed by atoms with Gasteiger partial charge in [0, 0.05) is 48.7 Å². The SMILES string of the molecule is Cc1ccc(Cc2nsc(N3CCN(C(=O)COc4ccc(Cl)cc4)C(C)C3)n2)cc1. The number of carbonyl (C=O) groups excluding carboxylic acids is 1. The summed E-state index contributed by atoms with van der Waals surface area (Å²) in [5.41, 5.74) is 2.45. The Kier molecular flexibility index (Phi) is 6.73. The quantitative estimate of drug-likeness (QED) is 0.556. The van der Waals surface area contributed by atoms with Crippen LogP contribution in [0.15, 0.2) is 48.5 Å². The molecular formula is C23H25ClN4O2S. The molecule has 0 N–H and O–H groups in total. The third kappa shape index (κ3) is 5.54. The van der Waals surface area contributed by atoms with Crippen molar-refractivity contribution in [2.45, 2.75) is 26.3 Å². The number of aryl methyl sites for hydroxylation is 1. The van der Waals surface area contributed by atoms with E-state index in [0.717, 1.165) is 30.5 Å². The molecule has 1 aromatic heterocycles. The number of carbonyl (C=O) groups is 1. The van der Waals surface area contributed by atoms with Crippen LogP contribution in [-0.4, -0.2) is 52.4 Å². The number of piperazine rings is 1. The van der Waals surface area contributed by atoms with Crippen LogP contribution in [0.2, 0.25) is 5.02 Å². The van der Waals surface area contributed by atoms with Crippen molar-refractivity contribution in [1.82, 2.24) is 14.3 Å². The molecule has 6 nitrogen and oxygen atoms in total. The van der Waals surface area contributed by atoms with E-state index in [2.05, 4.69) is 47.4 Å². The second-order valence-corrected chi connectivity index (χ2v) is 8.95. The lowest BCUT2D eigenvalue weighted by atomic mass is 10.1. The van der Waals surface area contributed by atoms with Crippen molar-refractivity contribution in [2.24, 2.45) is 0 Å². The summed E-state index contributed by atoms with van der Waals surface area (Å²) in [6, 6.07) is 15.5. The Balaban J connectivity index is 1.30. The van der Waals surface area contributed by atoms with Gasteiger partial charge in [0.05, 0.1) is 0 Å². The van der Waals surface area contributed by atoms with E-state index in [1.807, 2.05) is 4.90 Å². The van der Waals surface area contributed by atoms with E-state index in [0.29, 0.717) is 17.3 Å². The lowest BCUT2D eigenvalue weighted by Crippen LogP contribution is -2.55. The molecular weight excluding hydrogens is 432 g/mol. The highest BCUT2D eigenvalue weighted by atomic mass is 35.5. The van der Waals surface area contributed by atoms with E-state index < -0.39 is 0 Å².